The molecule has 51 heavy (non-hydrogen) atoms. The summed E-state index contributed by atoms with van der Waals surface area (Å²) < 4.78 is 8.26. The van der Waals surface area contributed by atoms with Crippen molar-refractivity contribution in [2.24, 2.45) is 0 Å². The van der Waals surface area contributed by atoms with E-state index in [0.717, 1.165) is 77.0 Å². The van der Waals surface area contributed by atoms with Crippen molar-refractivity contribution in [3.8, 4) is 0 Å². The summed E-state index contributed by atoms with van der Waals surface area (Å²) in [6, 6.07) is 20.6. The molecule has 4 rings (SSSR count). The number of benzene rings is 4. The maximum Gasteiger partial charge on any atom is 0.273 e. The Labute approximate surface area is 317 Å². The number of rotatable bonds is 18. The lowest BCUT2D eigenvalue weighted by molar-refractivity contribution is 0.631. The van der Waals surface area contributed by atoms with Crippen LogP contribution in [0.5, 0.6) is 0 Å². The van der Waals surface area contributed by atoms with E-state index in [0.29, 0.717) is 0 Å². The van der Waals surface area contributed by atoms with Crippen molar-refractivity contribution < 1.29 is 4.12 Å². The van der Waals surface area contributed by atoms with Crippen molar-refractivity contribution in [1.29, 1.82) is 0 Å². The van der Waals surface area contributed by atoms with Crippen LogP contribution in [-0.4, -0.2) is 18.1 Å². The Balaban J connectivity index is 2.18. The highest BCUT2D eigenvalue weighted by Gasteiger charge is 2.34. The molecule has 0 aliphatic carbocycles. The fourth-order valence-corrected chi connectivity index (χ4v) is 14.8. The smallest absolute Gasteiger partial charge is 0.273 e. The second-order valence-electron chi connectivity index (χ2n) is 14.1. The zero-order valence-electron chi connectivity index (χ0n) is 34.5. The summed E-state index contributed by atoms with van der Waals surface area (Å²) >= 11 is 0. The summed E-state index contributed by atoms with van der Waals surface area (Å²) in [7, 11) is -3.32. The van der Waals surface area contributed by atoms with Gasteiger partial charge in [-0.1, -0.05) is 132 Å². The third kappa shape index (κ3) is 8.74. The SMILES string of the molecule is CCc1cc(CC)c([Si](O[Si](c2cc(CC)c(CC)cc2CC)c2cc(CC)c(CC)cc2CC)c2cc(CC)c(CC)cc2CC)cc1CC. The van der Waals surface area contributed by atoms with Crippen molar-refractivity contribution >= 4 is 38.8 Å². The molecule has 0 heterocycles. The van der Waals surface area contributed by atoms with Crippen LogP contribution in [0.25, 0.3) is 0 Å². The molecule has 0 saturated carbocycles. The standard InChI is InChI=1S/C48H68OSi2/c1-13-33-25-41(21-9)45(29-37(33)17-5)50(46-30-38(18-6)34(14-2)26-42(46)22-10)49-51(47-31-39(19-7)35(15-3)27-43(47)23-11)48-32-40(20-8)36(16-4)28-44(48)24-12/h25-32H,13-24H2,1-12H3. The Morgan fingerprint density at radius 2 is 0.412 bits per heavy atom. The van der Waals surface area contributed by atoms with Crippen molar-refractivity contribution in [3.05, 3.63) is 115 Å². The molecule has 2 radical (unpaired) electrons. The molecule has 0 aromatic heterocycles. The molecule has 0 bridgehead atoms. The zero-order chi connectivity index (χ0) is 37.2. The number of aryl methyl sites for hydroxylation is 12. The zero-order valence-corrected chi connectivity index (χ0v) is 36.5. The first kappa shape index (κ1) is 41.0. The summed E-state index contributed by atoms with van der Waals surface area (Å²) in [4.78, 5) is 0. The van der Waals surface area contributed by atoms with Gasteiger partial charge in [-0.3, -0.25) is 0 Å². The van der Waals surface area contributed by atoms with Crippen LogP contribution in [0.15, 0.2) is 48.5 Å². The van der Waals surface area contributed by atoms with E-state index in [2.05, 4.69) is 132 Å². The van der Waals surface area contributed by atoms with Crippen LogP contribution in [0.3, 0.4) is 0 Å². The van der Waals surface area contributed by atoms with Crippen LogP contribution in [0.2, 0.25) is 0 Å². The van der Waals surface area contributed by atoms with Gasteiger partial charge >= 0.3 is 0 Å². The predicted octanol–water partition coefficient (Wildman–Crippen LogP) is 9.36. The minimum Gasteiger partial charge on any atom is -0.442 e. The third-order valence-electron chi connectivity index (χ3n) is 11.5. The topological polar surface area (TPSA) is 9.23 Å². The van der Waals surface area contributed by atoms with E-state index in [1.165, 1.54) is 87.5 Å². The Kier molecular flexibility index (Phi) is 15.6. The van der Waals surface area contributed by atoms with Gasteiger partial charge in [0.05, 0.1) is 0 Å². The molecular formula is C48H68OSi2. The lowest BCUT2D eigenvalue weighted by Gasteiger charge is -2.31. The van der Waals surface area contributed by atoms with Crippen LogP contribution >= 0.6 is 0 Å². The van der Waals surface area contributed by atoms with Gasteiger partial charge in [0.15, 0.2) is 0 Å². The van der Waals surface area contributed by atoms with E-state index in [1.54, 1.807) is 0 Å². The van der Waals surface area contributed by atoms with Gasteiger partial charge in [0.1, 0.15) is 0 Å². The van der Waals surface area contributed by atoms with Gasteiger partial charge < -0.3 is 4.12 Å². The molecule has 3 heteroatoms. The van der Waals surface area contributed by atoms with Gasteiger partial charge in [0.2, 0.25) is 0 Å². The van der Waals surface area contributed by atoms with E-state index in [-0.39, 0.29) is 0 Å². The lowest BCUT2D eigenvalue weighted by atomic mass is 9.98. The number of hydrogen-bond acceptors (Lipinski definition) is 1. The average Bonchev–Trinajstić information content (AvgIpc) is 3.19. The molecule has 0 amide bonds. The number of hydrogen-bond donors (Lipinski definition) is 0. The molecule has 274 valence electrons. The van der Waals surface area contributed by atoms with E-state index >= 15 is 0 Å². The Morgan fingerprint density at radius 1 is 0.255 bits per heavy atom. The van der Waals surface area contributed by atoms with E-state index < -0.39 is 18.1 Å². The monoisotopic (exact) mass is 716 g/mol. The van der Waals surface area contributed by atoms with E-state index in [4.69, 9.17) is 4.12 Å². The van der Waals surface area contributed by atoms with Crippen molar-refractivity contribution in [2.45, 2.75) is 160 Å². The first-order chi connectivity index (χ1) is 24.7. The van der Waals surface area contributed by atoms with Crippen LogP contribution < -0.4 is 20.7 Å². The molecule has 0 spiro atoms. The normalized spacial score (nSPS) is 11.7. The molecule has 1 nitrogen and oxygen atoms in total. The van der Waals surface area contributed by atoms with Crippen molar-refractivity contribution in [2.75, 3.05) is 0 Å². The van der Waals surface area contributed by atoms with Gasteiger partial charge in [-0.15, -0.1) is 0 Å². The minimum atomic E-state index is -1.66. The Bertz CT molecular complexity index is 1510. The molecular weight excluding hydrogens is 649 g/mol. The van der Waals surface area contributed by atoms with Crippen LogP contribution in [-0.2, 0) is 81.2 Å². The van der Waals surface area contributed by atoms with Crippen LogP contribution in [0.4, 0.5) is 0 Å². The summed E-state index contributed by atoms with van der Waals surface area (Å²) in [5.41, 5.74) is 17.9. The fraction of sp³-hybridized carbons (Fsp3) is 0.500. The second-order valence-corrected chi connectivity index (χ2v) is 18.4. The summed E-state index contributed by atoms with van der Waals surface area (Å²) in [5.74, 6) is 0. The molecule has 0 aliphatic rings. The maximum atomic E-state index is 8.26. The van der Waals surface area contributed by atoms with E-state index in [9.17, 15) is 0 Å². The molecule has 0 N–H and O–H groups in total. The molecule has 0 aliphatic heterocycles. The summed E-state index contributed by atoms with van der Waals surface area (Å²) in [6.07, 6.45) is 12.6. The molecule has 0 unspecified atom stereocenters. The predicted molar refractivity (Wildman–Crippen MR) is 229 cm³/mol. The Hall–Kier alpha value is -2.73. The van der Waals surface area contributed by atoms with Gasteiger partial charge in [0, 0.05) is 0 Å². The highest BCUT2D eigenvalue weighted by molar-refractivity contribution is 6.92. The highest BCUT2D eigenvalue weighted by Crippen LogP contribution is 2.22. The molecule has 0 fully saturated rings. The van der Waals surface area contributed by atoms with Gasteiger partial charge in [-0.05, 0) is 165 Å². The van der Waals surface area contributed by atoms with Gasteiger partial charge in [-0.25, -0.2) is 0 Å². The molecule has 4 aromatic rings. The maximum absolute atomic E-state index is 8.26. The minimum absolute atomic E-state index is 1.03. The van der Waals surface area contributed by atoms with Crippen LogP contribution in [0.1, 0.15) is 150 Å². The first-order valence-electron chi connectivity index (χ1n) is 20.8. The molecule has 0 atom stereocenters. The Morgan fingerprint density at radius 3 is 0.569 bits per heavy atom. The van der Waals surface area contributed by atoms with Crippen molar-refractivity contribution in [1.82, 2.24) is 0 Å². The first-order valence-corrected chi connectivity index (χ1v) is 23.6. The fourth-order valence-electron chi connectivity index (χ4n) is 8.22. The molecule has 0 saturated heterocycles. The third-order valence-corrected chi connectivity index (χ3v) is 16.9. The highest BCUT2D eigenvalue weighted by atomic mass is 28.4. The summed E-state index contributed by atoms with van der Waals surface area (Å²) in [6.45, 7) is 28.0. The quantitative estimate of drug-likeness (QED) is 0.0933. The van der Waals surface area contributed by atoms with Gasteiger partial charge in [0.25, 0.3) is 18.1 Å². The van der Waals surface area contributed by atoms with Crippen molar-refractivity contribution in [3.63, 3.8) is 0 Å². The van der Waals surface area contributed by atoms with E-state index in [1.807, 2.05) is 0 Å². The lowest BCUT2D eigenvalue weighted by Crippen LogP contribution is -2.59. The second kappa shape index (κ2) is 19.4. The molecule has 4 aromatic carbocycles. The average molecular weight is 717 g/mol. The largest absolute Gasteiger partial charge is 0.442 e. The van der Waals surface area contributed by atoms with Gasteiger partial charge in [-0.2, -0.15) is 0 Å². The summed E-state index contributed by atoms with van der Waals surface area (Å²) in [5, 5.41) is 5.94. The van der Waals surface area contributed by atoms with Crippen LogP contribution in [0, 0.1) is 0 Å².